The van der Waals surface area contributed by atoms with Gasteiger partial charge in [0, 0.05) is 5.92 Å². The smallest absolute Gasteiger partial charge is 0.0633 e. The quantitative estimate of drug-likeness (QED) is 0.688. The van der Waals surface area contributed by atoms with Crippen molar-refractivity contribution in [3.05, 3.63) is 0 Å². The normalized spacial score (nSPS) is 37.7. The number of hydrogen-bond donors (Lipinski definition) is 1. The Kier molecular flexibility index (Phi) is 3.45. The van der Waals surface area contributed by atoms with Crippen molar-refractivity contribution in [2.45, 2.75) is 70.2 Å². The molecule has 2 aliphatic rings. The van der Waals surface area contributed by atoms with Crippen molar-refractivity contribution in [3.8, 4) is 0 Å². The molecule has 2 aliphatic heterocycles. The van der Waals surface area contributed by atoms with Crippen molar-refractivity contribution in [1.82, 2.24) is 0 Å². The zero-order valence-electron chi connectivity index (χ0n) is 9.11. The molecule has 0 aromatic rings. The van der Waals surface area contributed by atoms with Gasteiger partial charge in [-0.1, -0.05) is 26.2 Å². The fourth-order valence-electron chi connectivity index (χ4n) is 2.90. The first-order valence-corrected chi connectivity index (χ1v) is 6.14. The van der Waals surface area contributed by atoms with Crippen LogP contribution in [0, 0.1) is 5.92 Å². The van der Waals surface area contributed by atoms with Crippen LogP contribution in [-0.4, -0.2) is 23.4 Å². The molecule has 0 radical (unpaired) electrons. The highest BCUT2D eigenvalue weighted by molar-refractivity contribution is 4.92. The van der Waals surface area contributed by atoms with E-state index >= 15 is 0 Å². The fraction of sp³-hybridized carbons (Fsp3) is 1.00. The summed E-state index contributed by atoms with van der Waals surface area (Å²) in [5.74, 6) is 0.450. The van der Waals surface area contributed by atoms with E-state index in [4.69, 9.17) is 4.74 Å². The summed E-state index contributed by atoms with van der Waals surface area (Å²) in [6.45, 7) is 2.20. The summed E-state index contributed by atoms with van der Waals surface area (Å²) in [6, 6.07) is 0. The molecule has 0 spiro atoms. The minimum atomic E-state index is -0.100. The van der Waals surface area contributed by atoms with Gasteiger partial charge in [0.2, 0.25) is 0 Å². The summed E-state index contributed by atoms with van der Waals surface area (Å²) in [6.07, 6.45) is 8.91. The van der Waals surface area contributed by atoms with Crippen LogP contribution in [0.2, 0.25) is 0 Å². The molecule has 4 atom stereocenters. The Morgan fingerprint density at radius 2 is 2.21 bits per heavy atom. The summed E-state index contributed by atoms with van der Waals surface area (Å²) in [5.41, 5.74) is 0. The highest BCUT2D eigenvalue weighted by atomic mass is 16.5. The van der Waals surface area contributed by atoms with Crippen molar-refractivity contribution >= 4 is 0 Å². The number of aliphatic hydroxyl groups excluding tert-OH is 1. The highest BCUT2D eigenvalue weighted by Crippen LogP contribution is 2.41. The molecular weight excluding hydrogens is 176 g/mol. The standard InChI is InChI=1S/C12H22O2/c1-2-3-4-5-11(13)10-8-9-6-7-12(10)14-9/h9-13H,2-8H2,1H3. The topological polar surface area (TPSA) is 29.5 Å². The molecule has 2 heterocycles. The minimum Gasteiger partial charge on any atom is -0.393 e. The van der Waals surface area contributed by atoms with Crippen LogP contribution in [0.15, 0.2) is 0 Å². The Hall–Kier alpha value is -0.0800. The minimum absolute atomic E-state index is 0.100. The van der Waals surface area contributed by atoms with E-state index < -0.39 is 0 Å². The first kappa shape index (κ1) is 10.4. The van der Waals surface area contributed by atoms with Crippen molar-refractivity contribution in [2.75, 3.05) is 0 Å². The van der Waals surface area contributed by atoms with Crippen molar-refractivity contribution in [3.63, 3.8) is 0 Å². The molecule has 0 aliphatic carbocycles. The summed E-state index contributed by atoms with van der Waals surface area (Å²) >= 11 is 0. The van der Waals surface area contributed by atoms with E-state index in [-0.39, 0.29) is 6.10 Å². The second kappa shape index (κ2) is 4.63. The van der Waals surface area contributed by atoms with Crippen molar-refractivity contribution < 1.29 is 9.84 Å². The van der Waals surface area contributed by atoms with Crippen LogP contribution in [0.3, 0.4) is 0 Å². The third-order valence-corrected chi connectivity index (χ3v) is 3.75. The van der Waals surface area contributed by atoms with Gasteiger partial charge in [0.05, 0.1) is 18.3 Å². The van der Waals surface area contributed by atoms with E-state index in [1.54, 1.807) is 0 Å². The summed E-state index contributed by atoms with van der Waals surface area (Å²) < 4.78 is 5.75. The molecule has 2 nitrogen and oxygen atoms in total. The average Bonchev–Trinajstić information content (AvgIpc) is 2.79. The van der Waals surface area contributed by atoms with Crippen LogP contribution in [-0.2, 0) is 4.74 Å². The van der Waals surface area contributed by atoms with Crippen LogP contribution < -0.4 is 0 Å². The number of fused-ring (bicyclic) bond motifs is 2. The van der Waals surface area contributed by atoms with Gasteiger partial charge in [0.1, 0.15) is 0 Å². The Bertz CT molecular complexity index is 181. The largest absolute Gasteiger partial charge is 0.393 e. The molecule has 2 bridgehead atoms. The third kappa shape index (κ3) is 2.12. The molecule has 0 amide bonds. The van der Waals surface area contributed by atoms with E-state index in [0.29, 0.717) is 18.1 Å². The molecule has 82 valence electrons. The van der Waals surface area contributed by atoms with Gasteiger partial charge >= 0.3 is 0 Å². The maximum atomic E-state index is 10.0. The second-order valence-corrected chi connectivity index (χ2v) is 4.84. The van der Waals surface area contributed by atoms with Crippen LogP contribution in [0.1, 0.15) is 51.9 Å². The Morgan fingerprint density at radius 3 is 2.79 bits per heavy atom. The van der Waals surface area contributed by atoms with E-state index in [1.165, 1.54) is 32.1 Å². The molecule has 0 saturated carbocycles. The van der Waals surface area contributed by atoms with Gasteiger partial charge in [-0.25, -0.2) is 0 Å². The van der Waals surface area contributed by atoms with Crippen LogP contribution >= 0.6 is 0 Å². The van der Waals surface area contributed by atoms with Gasteiger partial charge in [-0.3, -0.25) is 0 Å². The first-order chi connectivity index (χ1) is 6.81. The second-order valence-electron chi connectivity index (χ2n) is 4.84. The molecule has 4 unspecified atom stereocenters. The fourth-order valence-corrected chi connectivity index (χ4v) is 2.90. The molecule has 0 aromatic carbocycles. The lowest BCUT2D eigenvalue weighted by Gasteiger charge is -2.24. The van der Waals surface area contributed by atoms with E-state index in [1.807, 2.05) is 0 Å². The molecule has 2 heteroatoms. The van der Waals surface area contributed by atoms with Crippen LogP contribution in [0.25, 0.3) is 0 Å². The molecule has 2 rings (SSSR count). The average molecular weight is 198 g/mol. The van der Waals surface area contributed by atoms with Crippen LogP contribution in [0.5, 0.6) is 0 Å². The van der Waals surface area contributed by atoms with Gasteiger partial charge in [-0.2, -0.15) is 0 Å². The first-order valence-electron chi connectivity index (χ1n) is 6.14. The number of aliphatic hydroxyl groups is 1. The molecule has 14 heavy (non-hydrogen) atoms. The van der Waals surface area contributed by atoms with Crippen LogP contribution in [0.4, 0.5) is 0 Å². The number of rotatable bonds is 5. The van der Waals surface area contributed by atoms with Gasteiger partial charge in [0.15, 0.2) is 0 Å². The lowest BCUT2D eigenvalue weighted by molar-refractivity contribution is 0.0377. The predicted molar refractivity (Wildman–Crippen MR) is 56.2 cm³/mol. The summed E-state index contributed by atoms with van der Waals surface area (Å²) in [4.78, 5) is 0. The lowest BCUT2D eigenvalue weighted by atomic mass is 9.83. The van der Waals surface area contributed by atoms with E-state index in [9.17, 15) is 5.11 Å². The number of hydrogen-bond acceptors (Lipinski definition) is 2. The lowest BCUT2D eigenvalue weighted by Crippen LogP contribution is -2.29. The highest BCUT2D eigenvalue weighted by Gasteiger charge is 2.43. The third-order valence-electron chi connectivity index (χ3n) is 3.75. The van der Waals surface area contributed by atoms with E-state index in [0.717, 1.165) is 12.8 Å². The monoisotopic (exact) mass is 198 g/mol. The van der Waals surface area contributed by atoms with Gasteiger partial charge in [-0.15, -0.1) is 0 Å². The summed E-state index contributed by atoms with van der Waals surface area (Å²) in [7, 11) is 0. The molecule has 2 saturated heterocycles. The molecule has 1 N–H and O–H groups in total. The van der Waals surface area contributed by atoms with Crippen molar-refractivity contribution in [2.24, 2.45) is 5.92 Å². The zero-order chi connectivity index (χ0) is 9.97. The Balaban J connectivity index is 1.72. The molecule has 2 fully saturated rings. The van der Waals surface area contributed by atoms with Gasteiger partial charge in [0.25, 0.3) is 0 Å². The number of ether oxygens (including phenoxy) is 1. The Morgan fingerprint density at radius 1 is 1.36 bits per heavy atom. The number of unbranched alkanes of at least 4 members (excludes halogenated alkanes) is 2. The van der Waals surface area contributed by atoms with E-state index in [2.05, 4.69) is 6.92 Å². The van der Waals surface area contributed by atoms with Gasteiger partial charge in [-0.05, 0) is 25.7 Å². The maximum Gasteiger partial charge on any atom is 0.0633 e. The molecular formula is C12H22O2. The molecule has 0 aromatic heterocycles. The predicted octanol–water partition coefficient (Wildman–Crippen LogP) is 2.50. The zero-order valence-corrected chi connectivity index (χ0v) is 9.11. The van der Waals surface area contributed by atoms with Gasteiger partial charge < -0.3 is 9.84 Å². The summed E-state index contributed by atoms with van der Waals surface area (Å²) in [5, 5.41) is 10.0. The maximum absolute atomic E-state index is 10.0. The van der Waals surface area contributed by atoms with Crippen molar-refractivity contribution in [1.29, 1.82) is 0 Å². The Labute approximate surface area is 86.6 Å². The SMILES string of the molecule is CCCCCC(O)C1CC2CCC1O2.